The van der Waals surface area contributed by atoms with Gasteiger partial charge < -0.3 is 4.79 Å². The van der Waals surface area contributed by atoms with Crippen molar-refractivity contribution >= 4 is 6.29 Å². The summed E-state index contributed by atoms with van der Waals surface area (Å²) in [5.74, 6) is -0.546. The molecule has 84 valence electrons. The lowest BCUT2D eigenvalue weighted by atomic mass is 10.2. The predicted molar refractivity (Wildman–Crippen MR) is 46.1 cm³/mol. The van der Waals surface area contributed by atoms with Gasteiger partial charge in [0.05, 0.1) is 0 Å². The van der Waals surface area contributed by atoms with Gasteiger partial charge >= 0.3 is 6.18 Å². The number of hydrogen-bond donors (Lipinski definition) is 0. The van der Waals surface area contributed by atoms with Crippen molar-refractivity contribution in [3.63, 3.8) is 0 Å². The predicted octanol–water partition coefficient (Wildman–Crippen LogP) is 1.50. The molecule has 0 aliphatic rings. The second-order valence-electron chi connectivity index (χ2n) is 2.88. The molecular formula is C9H6F3N3O. The number of hydrogen-bond acceptors (Lipinski definition) is 4. The summed E-state index contributed by atoms with van der Waals surface area (Å²) in [7, 11) is 0. The molecule has 1 rings (SSSR count). The van der Waals surface area contributed by atoms with Crippen LogP contribution in [0.3, 0.4) is 0 Å². The molecule has 0 saturated carbocycles. The Morgan fingerprint density at radius 2 is 2.12 bits per heavy atom. The molecule has 16 heavy (non-hydrogen) atoms. The van der Waals surface area contributed by atoms with E-state index in [1.165, 1.54) is 6.07 Å². The van der Waals surface area contributed by atoms with Gasteiger partial charge in [-0.3, -0.25) is 0 Å². The Labute approximate surface area is 88.7 Å². The molecule has 7 heteroatoms. The highest BCUT2D eigenvalue weighted by molar-refractivity contribution is 5.49. The van der Waals surface area contributed by atoms with Crippen molar-refractivity contribution in [3.05, 3.63) is 23.3 Å². The van der Waals surface area contributed by atoms with Crippen LogP contribution in [-0.4, -0.2) is 16.3 Å². The minimum Gasteiger partial charge on any atom is -0.303 e. The van der Waals surface area contributed by atoms with Crippen molar-refractivity contribution in [2.24, 2.45) is 0 Å². The van der Waals surface area contributed by atoms with Gasteiger partial charge in [0, 0.05) is 12.1 Å². The molecule has 0 fully saturated rings. The van der Waals surface area contributed by atoms with Crippen LogP contribution in [0.4, 0.5) is 13.2 Å². The quantitative estimate of drug-likeness (QED) is 0.736. The van der Waals surface area contributed by atoms with Crippen molar-refractivity contribution in [2.75, 3.05) is 0 Å². The summed E-state index contributed by atoms with van der Waals surface area (Å²) in [5, 5.41) is 8.47. The SMILES string of the molecule is N#Cc1nc(CCC=O)cc(C(F)(F)F)n1. The maximum absolute atomic E-state index is 12.3. The van der Waals surface area contributed by atoms with Gasteiger partial charge in [0.1, 0.15) is 18.0 Å². The first-order chi connectivity index (χ1) is 7.47. The molecule has 0 radical (unpaired) electrons. The zero-order chi connectivity index (χ0) is 12.2. The number of nitriles is 1. The van der Waals surface area contributed by atoms with E-state index in [0.29, 0.717) is 6.29 Å². The van der Waals surface area contributed by atoms with Gasteiger partial charge in [-0.2, -0.15) is 18.4 Å². The highest BCUT2D eigenvalue weighted by Gasteiger charge is 2.33. The molecule has 4 nitrogen and oxygen atoms in total. The van der Waals surface area contributed by atoms with Crippen LogP contribution in [0.15, 0.2) is 6.07 Å². The normalized spacial score (nSPS) is 10.9. The van der Waals surface area contributed by atoms with Crippen LogP contribution in [-0.2, 0) is 17.4 Å². The van der Waals surface area contributed by atoms with E-state index in [1.54, 1.807) is 0 Å². The van der Waals surface area contributed by atoms with Crippen molar-refractivity contribution in [1.29, 1.82) is 5.26 Å². The van der Waals surface area contributed by atoms with E-state index in [-0.39, 0.29) is 18.5 Å². The molecule has 0 aliphatic heterocycles. The van der Waals surface area contributed by atoms with Gasteiger partial charge in [-0.15, -0.1) is 0 Å². The molecule has 0 spiro atoms. The first-order valence-corrected chi connectivity index (χ1v) is 4.26. The van der Waals surface area contributed by atoms with E-state index in [4.69, 9.17) is 5.26 Å². The van der Waals surface area contributed by atoms with Gasteiger partial charge in [-0.05, 0) is 12.5 Å². The van der Waals surface area contributed by atoms with Crippen molar-refractivity contribution in [3.8, 4) is 6.07 Å². The minimum absolute atomic E-state index is 0.0333. The van der Waals surface area contributed by atoms with Crippen LogP contribution < -0.4 is 0 Å². The molecule has 1 aromatic heterocycles. The van der Waals surface area contributed by atoms with Crippen molar-refractivity contribution < 1.29 is 18.0 Å². The van der Waals surface area contributed by atoms with Gasteiger partial charge in [0.2, 0.25) is 5.82 Å². The number of halogens is 3. The Bertz CT molecular complexity index is 437. The molecule has 0 aromatic carbocycles. The van der Waals surface area contributed by atoms with Gasteiger partial charge in [0.15, 0.2) is 0 Å². The molecule has 1 aromatic rings. The highest BCUT2D eigenvalue weighted by atomic mass is 19.4. The van der Waals surface area contributed by atoms with E-state index in [2.05, 4.69) is 9.97 Å². The smallest absolute Gasteiger partial charge is 0.303 e. The summed E-state index contributed by atoms with van der Waals surface area (Å²) in [6, 6.07) is 2.19. The molecule has 0 unspecified atom stereocenters. The van der Waals surface area contributed by atoms with Crippen LogP contribution in [0.25, 0.3) is 0 Å². The lowest BCUT2D eigenvalue weighted by molar-refractivity contribution is -0.141. The number of carbonyl (C=O) groups excluding carboxylic acids is 1. The van der Waals surface area contributed by atoms with Crippen molar-refractivity contribution in [2.45, 2.75) is 19.0 Å². The third-order valence-corrected chi connectivity index (χ3v) is 1.69. The standard InChI is InChI=1S/C9H6F3N3O/c10-9(11,12)7-4-6(2-1-3-16)14-8(5-13)15-7/h3-4H,1-2H2. The minimum atomic E-state index is -4.62. The number of alkyl halides is 3. The van der Waals surface area contributed by atoms with E-state index in [1.807, 2.05) is 0 Å². The van der Waals surface area contributed by atoms with Crippen LogP contribution in [0, 0.1) is 11.3 Å². The number of carbonyl (C=O) groups is 1. The maximum atomic E-state index is 12.3. The molecule has 1 heterocycles. The van der Waals surface area contributed by atoms with Crippen molar-refractivity contribution in [1.82, 2.24) is 9.97 Å². The van der Waals surface area contributed by atoms with Crippen LogP contribution >= 0.6 is 0 Å². The second-order valence-corrected chi connectivity index (χ2v) is 2.88. The second kappa shape index (κ2) is 4.70. The largest absolute Gasteiger partial charge is 0.433 e. The molecular weight excluding hydrogens is 223 g/mol. The molecule has 0 bridgehead atoms. The highest BCUT2D eigenvalue weighted by Crippen LogP contribution is 2.27. The Balaban J connectivity index is 3.12. The Morgan fingerprint density at radius 3 is 2.62 bits per heavy atom. The monoisotopic (exact) mass is 229 g/mol. The average Bonchev–Trinajstić information content (AvgIpc) is 2.24. The van der Waals surface area contributed by atoms with Crippen LogP contribution in [0.1, 0.15) is 23.6 Å². The fourth-order valence-corrected chi connectivity index (χ4v) is 1.03. The van der Waals surface area contributed by atoms with Gasteiger partial charge in [0.25, 0.3) is 0 Å². The number of nitrogens with zero attached hydrogens (tertiary/aromatic N) is 3. The summed E-state index contributed by atoms with van der Waals surface area (Å²) in [4.78, 5) is 16.7. The summed E-state index contributed by atoms with van der Waals surface area (Å²) in [6.07, 6.45) is -3.94. The lowest BCUT2D eigenvalue weighted by Gasteiger charge is -2.07. The molecule has 0 N–H and O–H groups in total. The Kier molecular flexibility index (Phi) is 3.55. The van der Waals surface area contributed by atoms with Crippen LogP contribution in [0.2, 0.25) is 0 Å². The molecule has 0 saturated heterocycles. The van der Waals surface area contributed by atoms with Gasteiger partial charge in [-0.1, -0.05) is 0 Å². The lowest BCUT2D eigenvalue weighted by Crippen LogP contribution is -2.11. The number of rotatable bonds is 3. The van der Waals surface area contributed by atoms with E-state index in [9.17, 15) is 18.0 Å². The summed E-state index contributed by atoms with van der Waals surface area (Å²) in [6.45, 7) is 0. The topological polar surface area (TPSA) is 66.6 Å². The first kappa shape index (κ1) is 12.1. The summed E-state index contributed by atoms with van der Waals surface area (Å²) < 4.78 is 37.0. The first-order valence-electron chi connectivity index (χ1n) is 4.26. The van der Waals surface area contributed by atoms with Gasteiger partial charge in [-0.25, -0.2) is 9.97 Å². The third-order valence-electron chi connectivity index (χ3n) is 1.69. The summed E-state index contributed by atoms with van der Waals surface area (Å²) >= 11 is 0. The molecule has 0 amide bonds. The third kappa shape index (κ3) is 3.02. The Hall–Kier alpha value is -1.97. The number of aromatic nitrogens is 2. The van der Waals surface area contributed by atoms with Crippen LogP contribution in [0.5, 0.6) is 0 Å². The van der Waals surface area contributed by atoms with E-state index in [0.717, 1.165) is 6.07 Å². The average molecular weight is 229 g/mol. The van der Waals surface area contributed by atoms with E-state index >= 15 is 0 Å². The molecule has 0 aliphatic carbocycles. The maximum Gasteiger partial charge on any atom is 0.433 e. The summed E-state index contributed by atoms with van der Waals surface area (Å²) in [5.41, 5.74) is -1.13. The zero-order valence-electron chi connectivity index (χ0n) is 7.95. The van der Waals surface area contributed by atoms with E-state index < -0.39 is 17.7 Å². The zero-order valence-corrected chi connectivity index (χ0v) is 7.95. The fourth-order valence-electron chi connectivity index (χ4n) is 1.03. The molecule has 0 atom stereocenters. The number of aryl methyl sites for hydroxylation is 1. The number of aldehydes is 1. The Morgan fingerprint density at radius 1 is 1.44 bits per heavy atom. The fraction of sp³-hybridized carbons (Fsp3) is 0.333.